The molecule has 11 heteroatoms. The zero-order valence-electron chi connectivity index (χ0n) is 24.5. The molecule has 2 amide bonds. The number of nitrogens with one attached hydrogen (secondary N) is 2. The Kier molecular flexibility index (Phi) is 11.0. The third kappa shape index (κ3) is 9.17. The molecule has 0 unspecified atom stereocenters. The maximum atomic E-state index is 13.5. The predicted octanol–water partition coefficient (Wildman–Crippen LogP) is 3.34. The Morgan fingerprint density at radius 2 is 1.49 bits per heavy atom. The van der Waals surface area contributed by atoms with Crippen molar-refractivity contribution in [2.24, 2.45) is 11.7 Å². The molecule has 0 saturated carbocycles. The minimum atomic E-state index is -3.61. The van der Waals surface area contributed by atoms with E-state index in [9.17, 15) is 22.4 Å². The van der Waals surface area contributed by atoms with Crippen LogP contribution in [0.2, 0.25) is 0 Å². The topological polar surface area (TPSA) is 125 Å². The Labute approximate surface area is 253 Å². The van der Waals surface area contributed by atoms with Gasteiger partial charge in [0.15, 0.2) is 0 Å². The number of amides is 2. The van der Waals surface area contributed by atoms with E-state index < -0.39 is 39.9 Å². The van der Waals surface area contributed by atoms with Crippen molar-refractivity contribution in [2.45, 2.75) is 51.4 Å². The van der Waals surface area contributed by atoms with Crippen LogP contribution in [0.25, 0.3) is 0 Å². The van der Waals surface area contributed by atoms with Crippen molar-refractivity contribution in [2.75, 3.05) is 24.3 Å². The van der Waals surface area contributed by atoms with Crippen molar-refractivity contribution in [3.63, 3.8) is 0 Å². The first-order chi connectivity index (χ1) is 20.5. The minimum Gasteiger partial charge on any atom is -0.350 e. The van der Waals surface area contributed by atoms with Gasteiger partial charge in [-0.25, -0.2) is 12.8 Å². The lowest BCUT2D eigenvalue weighted by molar-refractivity contribution is -0.126. The summed E-state index contributed by atoms with van der Waals surface area (Å²) in [6.07, 6.45) is 0.724. The highest BCUT2D eigenvalue weighted by Crippen LogP contribution is 2.19. The predicted molar refractivity (Wildman–Crippen MR) is 166 cm³/mol. The smallest absolute Gasteiger partial charge is 0.237 e. The van der Waals surface area contributed by atoms with E-state index in [0.717, 1.165) is 11.1 Å². The molecule has 4 atom stereocenters. The summed E-state index contributed by atoms with van der Waals surface area (Å²) in [4.78, 5) is 28.0. The minimum absolute atomic E-state index is 0.260. The molecule has 1 fully saturated rings. The number of hydrogen-bond donors (Lipinski definition) is 3. The van der Waals surface area contributed by atoms with Crippen LogP contribution >= 0.6 is 0 Å². The zero-order chi connectivity index (χ0) is 31.0. The van der Waals surface area contributed by atoms with Gasteiger partial charge < -0.3 is 16.4 Å². The van der Waals surface area contributed by atoms with Gasteiger partial charge in [-0.1, -0.05) is 67.6 Å². The second-order valence-electron chi connectivity index (χ2n) is 11.2. The number of hydrogen-bond acceptors (Lipinski definition) is 6. The number of rotatable bonds is 12. The summed E-state index contributed by atoms with van der Waals surface area (Å²) in [6.45, 7) is 4.43. The number of anilines is 1. The van der Waals surface area contributed by atoms with Crippen LogP contribution in [0.4, 0.5) is 10.1 Å². The second kappa shape index (κ2) is 14.7. The zero-order valence-corrected chi connectivity index (χ0v) is 25.3. The molecule has 3 aromatic rings. The summed E-state index contributed by atoms with van der Waals surface area (Å²) in [5.74, 6) is -1.74. The van der Waals surface area contributed by atoms with Gasteiger partial charge in [0, 0.05) is 43.3 Å². The van der Waals surface area contributed by atoms with Crippen molar-refractivity contribution in [3.05, 3.63) is 102 Å². The van der Waals surface area contributed by atoms with Crippen LogP contribution in [0.3, 0.4) is 0 Å². The summed E-state index contributed by atoms with van der Waals surface area (Å²) in [5, 5.41) is 5.83. The lowest BCUT2D eigenvalue weighted by Gasteiger charge is -2.37. The number of nitrogens with zero attached hydrogens (tertiary/aromatic N) is 2. The maximum absolute atomic E-state index is 13.5. The maximum Gasteiger partial charge on any atom is 0.237 e. The van der Waals surface area contributed by atoms with Crippen LogP contribution in [0.1, 0.15) is 31.4 Å². The number of sulfonamides is 1. The quantitative estimate of drug-likeness (QED) is 0.289. The summed E-state index contributed by atoms with van der Waals surface area (Å²) < 4.78 is 40.9. The normalized spacial score (nSPS) is 18.2. The third-order valence-corrected chi connectivity index (χ3v) is 9.57. The van der Waals surface area contributed by atoms with E-state index in [4.69, 9.17) is 5.73 Å². The summed E-state index contributed by atoms with van der Waals surface area (Å²) in [7, 11) is -3.61. The first-order valence-electron chi connectivity index (χ1n) is 14.4. The van der Waals surface area contributed by atoms with Gasteiger partial charge in [0.1, 0.15) is 11.7 Å². The van der Waals surface area contributed by atoms with Gasteiger partial charge in [0.05, 0.1) is 6.04 Å². The molecule has 1 heterocycles. The molecule has 0 aromatic heterocycles. The van der Waals surface area contributed by atoms with Crippen LogP contribution in [0.15, 0.2) is 84.9 Å². The Morgan fingerprint density at radius 1 is 0.884 bits per heavy atom. The summed E-state index contributed by atoms with van der Waals surface area (Å²) in [5.41, 5.74) is 8.97. The molecule has 1 aliphatic rings. The van der Waals surface area contributed by atoms with Crippen LogP contribution < -0.4 is 16.4 Å². The molecule has 0 aliphatic carbocycles. The van der Waals surface area contributed by atoms with Gasteiger partial charge in [-0.3, -0.25) is 14.5 Å². The second-order valence-corrected chi connectivity index (χ2v) is 13.1. The largest absolute Gasteiger partial charge is 0.350 e. The number of halogens is 1. The fraction of sp³-hybridized carbons (Fsp3) is 0.375. The number of nitrogens with two attached hydrogens (primary N) is 1. The van der Waals surface area contributed by atoms with E-state index in [1.165, 1.54) is 28.6 Å². The van der Waals surface area contributed by atoms with Crippen molar-refractivity contribution in [3.8, 4) is 0 Å². The van der Waals surface area contributed by atoms with Gasteiger partial charge >= 0.3 is 0 Å². The average Bonchev–Trinajstić information content (AvgIpc) is 2.99. The van der Waals surface area contributed by atoms with Gasteiger partial charge in [-0.05, 0) is 55.2 Å². The molecule has 9 nitrogen and oxygen atoms in total. The van der Waals surface area contributed by atoms with Crippen molar-refractivity contribution < 1.29 is 22.4 Å². The average molecular weight is 610 g/mol. The van der Waals surface area contributed by atoms with E-state index in [1.54, 1.807) is 18.7 Å². The molecule has 4 N–H and O–H groups in total. The Morgan fingerprint density at radius 3 is 2.09 bits per heavy atom. The van der Waals surface area contributed by atoms with E-state index >= 15 is 0 Å². The lowest BCUT2D eigenvalue weighted by Crippen LogP contribution is -2.58. The van der Waals surface area contributed by atoms with Crippen LogP contribution in [0.5, 0.6) is 0 Å². The van der Waals surface area contributed by atoms with E-state index in [1.807, 2.05) is 60.7 Å². The molecular weight excluding hydrogens is 569 g/mol. The fourth-order valence-electron chi connectivity index (χ4n) is 5.13. The Balaban J connectivity index is 1.39. The molecule has 1 saturated heterocycles. The molecule has 3 aromatic carbocycles. The number of carbonyl (C=O) groups is 2. The lowest BCUT2D eigenvalue weighted by atomic mass is 9.92. The highest BCUT2D eigenvalue weighted by Gasteiger charge is 2.36. The SMILES string of the molecule is C[C@H](C[C@H](N)[C@H](Cc1ccccc1)NC(=O)[C@H](C)N1CCN(Cc2ccccc2)S(=O)(=O)C1)C(=O)Nc1ccc(F)cc1. The highest BCUT2D eigenvalue weighted by molar-refractivity contribution is 7.89. The monoisotopic (exact) mass is 609 g/mol. The van der Waals surface area contributed by atoms with Crippen molar-refractivity contribution in [1.29, 1.82) is 0 Å². The van der Waals surface area contributed by atoms with Gasteiger partial charge in [-0.2, -0.15) is 4.31 Å². The number of benzene rings is 3. The van der Waals surface area contributed by atoms with Crippen LogP contribution in [0, 0.1) is 11.7 Å². The first kappa shape index (κ1) is 32.3. The molecule has 1 aliphatic heterocycles. The molecule has 4 rings (SSSR count). The van der Waals surface area contributed by atoms with Gasteiger partial charge in [-0.15, -0.1) is 0 Å². The fourth-order valence-corrected chi connectivity index (χ4v) is 6.77. The standard InChI is InChI=1S/C32H40FN5O4S/c1-23(31(39)35-28-15-13-27(33)14-16-28)19-29(34)30(20-25-9-5-3-6-10-25)36-32(40)24(2)37-17-18-38(43(41,42)22-37)21-26-11-7-4-8-12-26/h3-16,23-24,29-30H,17-22,34H2,1-2H3,(H,35,39)(H,36,40)/t23-,24+,29+,30+/m1/s1. The molecule has 43 heavy (non-hydrogen) atoms. The third-order valence-electron chi connectivity index (χ3n) is 7.82. The van der Waals surface area contributed by atoms with Crippen LogP contribution in [-0.4, -0.2) is 66.5 Å². The molecular formula is C32H40FN5O4S. The molecule has 0 bridgehead atoms. The van der Waals surface area contributed by atoms with Gasteiger partial charge in [0.2, 0.25) is 21.8 Å². The number of carbonyl (C=O) groups excluding carboxylic acids is 2. The van der Waals surface area contributed by atoms with Crippen molar-refractivity contribution in [1.82, 2.24) is 14.5 Å². The molecule has 230 valence electrons. The first-order valence-corrected chi connectivity index (χ1v) is 16.0. The van der Waals surface area contributed by atoms with Crippen molar-refractivity contribution >= 4 is 27.5 Å². The Bertz CT molecular complexity index is 1460. The highest BCUT2D eigenvalue weighted by atomic mass is 32.2. The van der Waals surface area contributed by atoms with E-state index in [-0.39, 0.29) is 30.7 Å². The molecule has 0 radical (unpaired) electrons. The van der Waals surface area contributed by atoms with E-state index in [0.29, 0.717) is 25.2 Å². The summed E-state index contributed by atoms with van der Waals surface area (Å²) >= 11 is 0. The summed E-state index contributed by atoms with van der Waals surface area (Å²) in [6, 6.07) is 22.7. The van der Waals surface area contributed by atoms with E-state index in [2.05, 4.69) is 10.6 Å². The van der Waals surface area contributed by atoms with Gasteiger partial charge in [0.25, 0.3) is 0 Å². The molecule has 0 spiro atoms. The Hall–Kier alpha value is -3.64. The van der Waals surface area contributed by atoms with Crippen LogP contribution in [-0.2, 0) is 32.6 Å².